The van der Waals surface area contributed by atoms with Crippen LogP contribution < -0.4 is 37.7 Å². The van der Waals surface area contributed by atoms with Crippen LogP contribution in [-0.4, -0.2) is 0 Å². The van der Waals surface area contributed by atoms with Crippen LogP contribution in [0.15, 0.2) is 0 Å². The Balaban J connectivity index is -0.000000125. The predicted octanol–water partition coefficient (Wildman–Crippen LogP) is -4.20. The van der Waals surface area contributed by atoms with Gasteiger partial charge in [0.1, 0.15) is 0 Å². The summed E-state index contributed by atoms with van der Waals surface area (Å²) < 4.78 is 0. The second-order valence-electron chi connectivity index (χ2n) is 1.77. The van der Waals surface area contributed by atoms with Crippen molar-refractivity contribution in [3.63, 3.8) is 0 Å². The first-order chi connectivity index (χ1) is 5.00. The molecule has 2 fully saturated rings. The zero-order chi connectivity index (χ0) is 7.07. The Morgan fingerprint density at radius 1 is 0.538 bits per heavy atom. The molecule has 0 amide bonds. The Morgan fingerprint density at radius 2 is 0.769 bits per heavy atom. The van der Waals surface area contributed by atoms with Crippen molar-refractivity contribution in [2.45, 2.75) is 0 Å². The van der Waals surface area contributed by atoms with Crippen LogP contribution in [0.4, 0.5) is 0 Å². The van der Waals surface area contributed by atoms with E-state index in [2.05, 4.69) is 12.8 Å². The van der Waals surface area contributed by atoms with E-state index in [1.807, 2.05) is 51.4 Å². The zero-order valence-electron chi connectivity index (χ0n) is 7.97. The quantitative estimate of drug-likeness (QED) is 0.273. The van der Waals surface area contributed by atoms with Gasteiger partial charge < -0.3 is 12.8 Å². The predicted molar refractivity (Wildman–Crippen MR) is 40.9 cm³/mol. The van der Waals surface area contributed by atoms with E-state index in [4.69, 9.17) is 0 Å². The van der Waals surface area contributed by atoms with Gasteiger partial charge in [0.15, 0.2) is 0 Å². The number of hydrogen-bond donors (Lipinski definition) is 0. The molecule has 0 heterocycles. The summed E-state index contributed by atoms with van der Waals surface area (Å²) in [7, 11) is 0. The molecule has 2 rings (SSSR count). The molecule has 0 aromatic heterocycles. The second kappa shape index (κ2) is 16.2. The van der Waals surface area contributed by atoms with Gasteiger partial charge >= 0.3 is 37.7 Å². The molecule has 2 saturated carbocycles. The van der Waals surface area contributed by atoms with Gasteiger partial charge in [-0.25, -0.2) is 25.7 Å². The van der Waals surface area contributed by atoms with E-state index in [9.17, 15) is 0 Å². The Labute approximate surface area is 118 Å². The third kappa shape index (κ3) is 13.7. The van der Waals surface area contributed by atoms with Gasteiger partial charge in [-0.05, 0) is 0 Å². The van der Waals surface area contributed by atoms with Crippen molar-refractivity contribution in [1.29, 1.82) is 0 Å². The van der Waals surface area contributed by atoms with Crippen LogP contribution in [0, 0.1) is 64.2 Å². The standard InChI is InChI=1S/2C5H4.Fe.2Li/c2*1-2-4-5-3-1;;;/h2*1-4H;;;/q2*-1;;2*+1. The van der Waals surface area contributed by atoms with Crippen molar-refractivity contribution < 1.29 is 54.8 Å². The van der Waals surface area contributed by atoms with E-state index >= 15 is 0 Å². The Hall–Kier alpha value is 1.71. The molecule has 0 unspecified atom stereocenters. The molecule has 0 bridgehead atoms. The van der Waals surface area contributed by atoms with Crippen molar-refractivity contribution in [3.05, 3.63) is 64.2 Å². The van der Waals surface area contributed by atoms with Gasteiger partial charge in [-0.1, -0.05) is 25.7 Å². The van der Waals surface area contributed by atoms with Crippen LogP contribution in [0.25, 0.3) is 0 Å². The summed E-state index contributed by atoms with van der Waals surface area (Å²) in [4.78, 5) is 0. The van der Waals surface area contributed by atoms with E-state index in [1.54, 1.807) is 0 Å². The third-order valence-corrected chi connectivity index (χ3v) is 0.992. The first kappa shape index (κ1) is 20.2. The van der Waals surface area contributed by atoms with Gasteiger partial charge in [0, 0.05) is 17.1 Å². The molecule has 13 heavy (non-hydrogen) atoms. The summed E-state index contributed by atoms with van der Waals surface area (Å²) in [6.45, 7) is 0. The Kier molecular flexibility index (Phi) is 25.1. The van der Waals surface area contributed by atoms with E-state index in [0.717, 1.165) is 0 Å². The minimum absolute atomic E-state index is 0. The molecular weight excluding hydrogens is 190 g/mol. The first-order valence-electron chi connectivity index (χ1n) is 3.15. The van der Waals surface area contributed by atoms with Crippen molar-refractivity contribution in [2.24, 2.45) is 0 Å². The maximum absolute atomic E-state index is 2.86. The SMILES string of the molecule is [C-]1[CH][CH][CH][CH]1.[C-]1[CH][CH][CH][CH]1.[Fe].[Li+].[Li+]. The monoisotopic (exact) mass is 198 g/mol. The van der Waals surface area contributed by atoms with Crippen LogP contribution in [0.2, 0.25) is 0 Å². The molecule has 0 spiro atoms. The molecule has 0 N–H and O–H groups in total. The summed E-state index contributed by atoms with van der Waals surface area (Å²) in [5.74, 6) is 0. The second-order valence-corrected chi connectivity index (χ2v) is 1.77. The van der Waals surface area contributed by atoms with E-state index in [-0.39, 0.29) is 54.8 Å². The van der Waals surface area contributed by atoms with Crippen LogP contribution in [0.1, 0.15) is 0 Å². The van der Waals surface area contributed by atoms with Crippen molar-refractivity contribution in [3.8, 4) is 0 Å². The molecule has 58 valence electrons. The summed E-state index contributed by atoms with van der Waals surface area (Å²) >= 11 is 0. The molecular formula is C10H8FeLi2. The van der Waals surface area contributed by atoms with Gasteiger partial charge in [-0.15, -0.1) is 0 Å². The van der Waals surface area contributed by atoms with Crippen LogP contribution >= 0.6 is 0 Å². The molecule has 2 aliphatic rings. The van der Waals surface area contributed by atoms with E-state index in [1.165, 1.54) is 0 Å². The molecule has 0 aliphatic heterocycles. The average molecular weight is 198 g/mol. The summed E-state index contributed by atoms with van der Waals surface area (Å²) in [6.07, 6.45) is 21.0. The minimum atomic E-state index is 0. The molecule has 0 atom stereocenters. The van der Waals surface area contributed by atoms with Gasteiger partial charge in [0.2, 0.25) is 0 Å². The van der Waals surface area contributed by atoms with E-state index in [0.29, 0.717) is 0 Å². The fourth-order valence-electron chi connectivity index (χ4n) is 0.556. The summed E-state index contributed by atoms with van der Waals surface area (Å²) in [5.41, 5.74) is 0. The van der Waals surface area contributed by atoms with Crippen molar-refractivity contribution in [1.82, 2.24) is 0 Å². The summed E-state index contributed by atoms with van der Waals surface area (Å²) in [6, 6.07) is 0. The third-order valence-electron chi connectivity index (χ3n) is 0.992. The summed E-state index contributed by atoms with van der Waals surface area (Å²) in [5, 5.41) is 0. The first-order valence-corrected chi connectivity index (χ1v) is 3.15. The van der Waals surface area contributed by atoms with Gasteiger partial charge in [0.05, 0.1) is 0 Å². The molecule has 3 heteroatoms. The molecule has 2 aliphatic carbocycles. The van der Waals surface area contributed by atoms with Crippen molar-refractivity contribution in [2.75, 3.05) is 0 Å². The normalized spacial score (nSPS) is 18.5. The maximum Gasteiger partial charge on any atom is 1.00 e. The molecule has 0 nitrogen and oxygen atoms in total. The van der Waals surface area contributed by atoms with E-state index < -0.39 is 0 Å². The average Bonchev–Trinajstić information content (AvgIpc) is 2.67. The molecule has 0 saturated heterocycles. The number of hydrogen-bond acceptors (Lipinski definition) is 0. The Bertz CT molecular complexity index is 46.1. The Morgan fingerprint density at radius 3 is 0.846 bits per heavy atom. The van der Waals surface area contributed by atoms with Crippen molar-refractivity contribution >= 4 is 0 Å². The minimum Gasteiger partial charge on any atom is -0.474 e. The zero-order valence-corrected chi connectivity index (χ0v) is 9.08. The maximum atomic E-state index is 2.86. The smallest absolute Gasteiger partial charge is 0.474 e. The van der Waals surface area contributed by atoms with Crippen LogP contribution in [0.3, 0.4) is 0 Å². The largest absolute Gasteiger partial charge is 1.00 e. The van der Waals surface area contributed by atoms with Gasteiger partial charge in [-0.2, -0.15) is 0 Å². The van der Waals surface area contributed by atoms with Crippen LogP contribution in [0.5, 0.6) is 0 Å². The molecule has 0 aromatic rings. The molecule has 10 radical (unpaired) electrons. The van der Waals surface area contributed by atoms with Gasteiger partial charge in [-0.3, -0.25) is 0 Å². The van der Waals surface area contributed by atoms with Crippen LogP contribution in [-0.2, 0) is 17.1 Å². The topological polar surface area (TPSA) is 0 Å². The fraction of sp³-hybridized carbons (Fsp3) is 0. The van der Waals surface area contributed by atoms with Gasteiger partial charge in [0.25, 0.3) is 0 Å². The molecule has 0 aromatic carbocycles. The number of rotatable bonds is 0. The fourth-order valence-corrected chi connectivity index (χ4v) is 0.556.